The fourth-order valence-corrected chi connectivity index (χ4v) is 3.76. The van der Waals surface area contributed by atoms with E-state index >= 15 is 0 Å². The second-order valence-corrected chi connectivity index (χ2v) is 6.60. The lowest BCUT2D eigenvalue weighted by Gasteiger charge is -2.38. The van der Waals surface area contributed by atoms with E-state index in [0.29, 0.717) is 19.3 Å². The molecule has 1 aromatic rings. The molecular formula is C13H21NO2S. The Morgan fingerprint density at radius 1 is 1.35 bits per heavy atom. The number of hydrogen-bond acceptors (Lipinski definition) is 4. The lowest BCUT2D eigenvalue weighted by molar-refractivity contribution is -0.130. The van der Waals surface area contributed by atoms with Crippen molar-refractivity contribution in [3.8, 4) is 0 Å². The molecule has 1 aliphatic heterocycles. The Kier molecular flexibility index (Phi) is 3.57. The first-order chi connectivity index (χ1) is 7.88. The number of hydrogen-bond donors (Lipinski definition) is 1. The molecule has 0 aliphatic carbocycles. The van der Waals surface area contributed by atoms with Gasteiger partial charge in [0, 0.05) is 24.1 Å². The molecule has 0 spiro atoms. The van der Waals surface area contributed by atoms with Crippen molar-refractivity contribution in [2.24, 2.45) is 0 Å². The molecule has 1 fully saturated rings. The summed E-state index contributed by atoms with van der Waals surface area (Å²) >= 11 is 1.70. The lowest BCUT2D eigenvalue weighted by Crippen LogP contribution is -2.44. The highest BCUT2D eigenvalue weighted by molar-refractivity contribution is 7.11. The molecule has 0 bridgehead atoms. The van der Waals surface area contributed by atoms with E-state index in [1.807, 2.05) is 20.8 Å². The maximum Gasteiger partial charge on any atom is 0.0959 e. The standard InChI is InChI=1S/C13H21NO2S/c1-8-5-13(15,6-9(2)16-8)7-12-14-10(3)11(4)17-12/h8-9,15H,5-7H2,1-4H3. The van der Waals surface area contributed by atoms with Crippen LogP contribution in [0.4, 0.5) is 0 Å². The monoisotopic (exact) mass is 255 g/mol. The number of nitrogens with zero attached hydrogens (tertiary/aromatic N) is 1. The smallest absolute Gasteiger partial charge is 0.0959 e. The van der Waals surface area contributed by atoms with Crippen LogP contribution in [0.3, 0.4) is 0 Å². The van der Waals surface area contributed by atoms with E-state index in [1.165, 1.54) is 4.88 Å². The van der Waals surface area contributed by atoms with E-state index in [2.05, 4.69) is 11.9 Å². The van der Waals surface area contributed by atoms with Gasteiger partial charge in [-0.2, -0.15) is 0 Å². The molecule has 0 radical (unpaired) electrons. The van der Waals surface area contributed by atoms with Crippen LogP contribution in [0.15, 0.2) is 0 Å². The predicted molar refractivity (Wildman–Crippen MR) is 69.5 cm³/mol. The highest BCUT2D eigenvalue weighted by Gasteiger charge is 2.37. The quantitative estimate of drug-likeness (QED) is 0.883. The van der Waals surface area contributed by atoms with E-state index in [4.69, 9.17) is 4.74 Å². The summed E-state index contributed by atoms with van der Waals surface area (Å²) in [6.07, 6.45) is 2.32. The van der Waals surface area contributed by atoms with Gasteiger partial charge in [0.2, 0.25) is 0 Å². The van der Waals surface area contributed by atoms with Gasteiger partial charge in [0.25, 0.3) is 0 Å². The molecule has 0 aromatic carbocycles. The molecule has 1 aliphatic rings. The zero-order valence-electron chi connectivity index (χ0n) is 11.0. The Hall–Kier alpha value is -0.450. The van der Waals surface area contributed by atoms with Crippen molar-refractivity contribution in [1.82, 2.24) is 4.98 Å². The van der Waals surface area contributed by atoms with Crippen LogP contribution in [0.2, 0.25) is 0 Å². The second-order valence-electron chi connectivity index (χ2n) is 5.32. The summed E-state index contributed by atoms with van der Waals surface area (Å²) in [6, 6.07) is 0. The van der Waals surface area contributed by atoms with Crippen molar-refractivity contribution in [2.45, 2.75) is 64.8 Å². The van der Waals surface area contributed by atoms with Gasteiger partial charge in [-0.15, -0.1) is 11.3 Å². The molecule has 96 valence electrons. The van der Waals surface area contributed by atoms with Crippen LogP contribution >= 0.6 is 11.3 Å². The fourth-order valence-electron chi connectivity index (χ4n) is 2.69. The number of ether oxygens (including phenoxy) is 1. The molecule has 2 atom stereocenters. The summed E-state index contributed by atoms with van der Waals surface area (Å²) in [5, 5.41) is 11.7. The molecule has 4 heteroatoms. The van der Waals surface area contributed by atoms with Gasteiger partial charge in [0.1, 0.15) is 0 Å². The van der Waals surface area contributed by atoms with Crippen LogP contribution in [-0.4, -0.2) is 27.9 Å². The lowest BCUT2D eigenvalue weighted by atomic mass is 9.85. The summed E-state index contributed by atoms with van der Waals surface area (Å²) in [4.78, 5) is 5.76. The van der Waals surface area contributed by atoms with E-state index in [-0.39, 0.29) is 12.2 Å². The number of aliphatic hydroxyl groups is 1. The number of thiazole rings is 1. The molecule has 1 saturated heterocycles. The normalized spacial score (nSPS) is 33.9. The van der Waals surface area contributed by atoms with Crippen molar-refractivity contribution in [1.29, 1.82) is 0 Å². The van der Waals surface area contributed by atoms with Crippen LogP contribution in [-0.2, 0) is 11.2 Å². The van der Waals surface area contributed by atoms with Gasteiger partial charge in [0.05, 0.1) is 28.5 Å². The zero-order valence-corrected chi connectivity index (χ0v) is 11.8. The fraction of sp³-hybridized carbons (Fsp3) is 0.769. The van der Waals surface area contributed by atoms with Gasteiger partial charge in [-0.3, -0.25) is 0 Å². The molecule has 2 heterocycles. The topological polar surface area (TPSA) is 42.4 Å². The van der Waals surface area contributed by atoms with Crippen molar-refractivity contribution in [3.63, 3.8) is 0 Å². The van der Waals surface area contributed by atoms with Gasteiger partial charge in [-0.25, -0.2) is 4.98 Å². The first-order valence-electron chi connectivity index (χ1n) is 6.19. The predicted octanol–water partition coefficient (Wildman–Crippen LogP) is 2.62. The first kappa shape index (κ1) is 13.0. The van der Waals surface area contributed by atoms with Crippen molar-refractivity contribution < 1.29 is 9.84 Å². The van der Waals surface area contributed by atoms with E-state index in [9.17, 15) is 5.11 Å². The number of aryl methyl sites for hydroxylation is 2. The molecule has 3 nitrogen and oxygen atoms in total. The van der Waals surface area contributed by atoms with E-state index in [1.54, 1.807) is 11.3 Å². The molecule has 1 aromatic heterocycles. The zero-order chi connectivity index (χ0) is 12.6. The summed E-state index contributed by atoms with van der Waals surface area (Å²) in [5.74, 6) is 0. The van der Waals surface area contributed by atoms with Crippen LogP contribution in [0, 0.1) is 13.8 Å². The molecular weight excluding hydrogens is 234 g/mol. The van der Waals surface area contributed by atoms with Crippen molar-refractivity contribution >= 4 is 11.3 Å². The Bertz CT molecular complexity index is 373. The minimum Gasteiger partial charge on any atom is -0.389 e. The maximum absolute atomic E-state index is 10.7. The Balaban J connectivity index is 2.11. The van der Waals surface area contributed by atoms with Gasteiger partial charge in [0.15, 0.2) is 0 Å². The largest absolute Gasteiger partial charge is 0.389 e. The third-order valence-corrected chi connectivity index (χ3v) is 4.43. The molecule has 0 saturated carbocycles. The second kappa shape index (κ2) is 4.67. The molecule has 2 rings (SSSR count). The minimum absolute atomic E-state index is 0.130. The van der Waals surface area contributed by atoms with Crippen LogP contribution < -0.4 is 0 Å². The summed E-state index contributed by atoms with van der Waals surface area (Å²) in [5.41, 5.74) is 0.440. The van der Waals surface area contributed by atoms with Crippen molar-refractivity contribution in [2.75, 3.05) is 0 Å². The maximum atomic E-state index is 10.7. The summed E-state index contributed by atoms with van der Waals surface area (Å²) in [7, 11) is 0. The summed E-state index contributed by atoms with van der Waals surface area (Å²) in [6.45, 7) is 8.16. The third kappa shape index (κ3) is 3.06. The highest BCUT2D eigenvalue weighted by Crippen LogP contribution is 2.33. The molecule has 1 N–H and O–H groups in total. The average Bonchev–Trinajstić information content (AvgIpc) is 2.41. The first-order valence-corrected chi connectivity index (χ1v) is 7.00. The number of rotatable bonds is 2. The average molecular weight is 255 g/mol. The SMILES string of the molecule is Cc1nc(CC2(O)CC(C)OC(C)C2)sc1C. The van der Waals surface area contributed by atoms with E-state index in [0.717, 1.165) is 10.7 Å². The van der Waals surface area contributed by atoms with Crippen molar-refractivity contribution in [3.05, 3.63) is 15.6 Å². The molecule has 2 unspecified atom stereocenters. The minimum atomic E-state index is -0.645. The molecule has 0 amide bonds. The summed E-state index contributed by atoms with van der Waals surface area (Å²) < 4.78 is 5.67. The number of aromatic nitrogens is 1. The van der Waals surface area contributed by atoms with E-state index < -0.39 is 5.60 Å². The van der Waals surface area contributed by atoms with Crippen LogP contribution in [0.25, 0.3) is 0 Å². The molecule has 17 heavy (non-hydrogen) atoms. The van der Waals surface area contributed by atoms with Gasteiger partial charge in [-0.1, -0.05) is 0 Å². The Morgan fingerprint density at radius 2 is 1.94 bits per heavy atom. The highest BCUT2D eigenvalue weighted by atomic mass is 32.1. The van der Waals surface area contributed by atoms with Gasteiger partial charge >= 0.3 is 0 Å². The Morgan fingerprint density at radius 3 is 2.41 bits per heavy atom. The van der Waals surface area contributed by atoms with Gasteiger partial charge < -0.3 is 9.84 Å². The Labute approximate surface area is 107 Å². The van der Waals surface area contributed by atoms with Crippen LogP contribution in [0.5, 0.6) is 0 Å². The third-order valence-electron chi connectivity index (χ3n) is 3.35. The van der Waals surface area contributed by atoms with Gasteiger partial charge in [-0.05, 0) is 27.7 Å². The van der Waals surface area contributed by atoms with Crippen LogP contribution in [0.1, 0.15) is 42.3 Å².